The molecule has 0 heterocycles. The molecule has 2 N–H and O–H groups in total. The lowest BCUT2D eigenvalue weighted by atomic mass is 10.0. The number of rotatable bonds is 9. The molecule has 1 amide bonds. The number of hydrogen-bond donors (Lipinski definition) is 1. The van der Waals surface area contributed by atoms with Crippen LogP contribution in [0.25, 0.3) is 0 Å². The van der Waals surface area contributed by atoms with Crippen LogP contribution >= 0.6 is 0 Å². The van der Waals surface area contributed by atoms with E-state index < -0.39 is 18.1 Å². The fraction of sp³-hybridized carbons (Fsp3) is 0.846. The Morgan fingerprint density at radius 3 is 2.15 bits per heavy atom. The van der Waals surface area contributed by atoms with E-state index in [4.69, 9.17) is 20.1 Å². The van der Waals surface area contributed by atoms with E-state index in [0.29, 0.717) is 25.9 Å². The first-order chi connectivity index (χ1) is 9.29. The third-order valence-corrected chi connectivity index (χ3v) is 2.52. The first-order valence-corrected chi connectivity index (χ1v) is 6.79. The molecule has 0 aromatic rings. The van der Waals surface area contributed by atoms with Crippen molar-refractivity contribution in [1.29, 1.82) is 0 Å². The molecule has 0 saturated heterocycles. The zero-order chi connectivity index (χ0) is 15.8. The Balaban J connectivity index is 4.73. The maximum Gasteiger partial charge on any atom is 0.429 e. The maximum absolute atomic E-state index is 11.9. The van der Waals surface area contributed by atoms with Crippen molar-refractivity contribution >= 4 is 12.4 Å². The van der Waals surface area contributed by atoms with Crippen LogP contribution in [0.1, 0.15) is 41.0 Å². The fourth-order valence-electron chi connectivity index (χ4n) is 1.69. The summed E-state index contributed by atoms with van der Waals surface area (Å²) in [5.74, 6) is 4.34. The Labute approximate surface area is 120 Å². The zero-order valence-electron chi connectivity index (χ0n) is 12.9. The molecule has 118 valence electrons. The molecule has 1 unspecified atom stereocenters. The molecule has 0 rings (SSSR count). The Morgan fingerprint density at radius 2 is 1.80 bits per heavy atom. The lowest BCUT2D eigenvalue weighted by Crippen LogP contribution is -2.51. The van der Waals surface area contributed by atoms with Gasteiger partial charge in [-0.3, -0.25) is 0 Å². The van der Waals surface area contributed by atoms with Crippen molar-refractivity contribution in [2.75, 3.05) is 13.2 Å². The summed E-state index contributed by atoms with van der Waals surface area (Å²) in [6, 6.07) is -0.741. The number of carbonyl (C=O) groups excluding carboxylic acids is 2. The molecule has 0 aliphatic carbocycles. The molecule has 7 heteroatoms. The minimum Gasteiger partial charge on any atom is -0.390 e. The average molecular weight is 290 g/mol. The molecular formula is C13H26N2O5. The van der Waals surface area contributed by atoms with Crippen molar-refractivity contribution in [1.82, 2.24) is 5.01 Å². The molecule has 0 aliphatic rings. The second-order valence-electron chi connectivity index (χ2n) is 4.84. The SMILES string of the molecule is CCOC(C)(OCC)OC(=O)N(N)C(C=O)CC(C)C. The molecule has 0 fully saturated rings. The van der Waals surface area contributed by atoms with Crippen molar-refractivity contribution < 1.29 is 23.8 Å². The van der Waals surface area contributed by atoms with E-state index in [9.17, 15) is 9.59 Å². The zero-order valence-corrected chi connectivity index (χ0v) is 12.9. The van der Waals surface area contributed by atoms with Gasteiger partial charge in [0.05, 0.1) is 13.2 Å². The summed E-state index contributed by atoms with van der Waals surface area (Å²) in [6.07, 6.45) is 0.210. The normalized spacial score (nSPS) is 13.2. The van der Waals surface area contributed by atoms with Gasteiger partial charge in [0.2, 0.25) is 0 Å². The third kappa shape index (κ3) is 6.31. The van der Waals surface area contributed by atoms with Gasteiger partial charge >= 0.3 is 12.1 Å². The molecule has 0 radical (unpaired) electrons. The summed E-state index contributed by atoms with van der Waals surface area (Å²) in [5, 5.41) is 0.767. The van der Waals surface area contributed by atoms with Crippen LogP contribution in [-0.2, 0) is 19.0 Å². The molecule has 0 aromatic carbocycles. The van der Waals surface area contributed by atoms with Crippen LogP contribution in [0.5, 0.6) is 0 Å². The average Bonchev–Trinajstić information content (AvgIpc) is 2.35. The largest absolute Gasteiger partial charge is 0.429 e. The lowest BCUT2D eigenvalue weighted by molar-refractivity contribution is -0.344. The molecule has 0 aromatic heterocycles. The number of ether oxygens (including phenoxy) is 3. The van der Waals surface area contributed by atoms with Crippen LogP contribution in [0.15, 0.2) is 0 Å². The Kier molecular flexibility index (Phi) is 8.36. The summed E-state index contributed by atoms with van der Waals surface area (Å²) in [6.45, 7) is 9.44. The fourth-order valence-corrected chi connectivity index (χ4v) is 1.69. The van der Waals surface area contributed by atoms with Crippen molar-refractivity contribution in [3.63, 3.8) is 0 Å². The van der Waals surface area contributed by atoms with Gasteiger partial charge < -0.3 is 19.0 Å². The minimum absolute atomic E-state index is 0.217. The van der Waals surface area contributed by atoms with Crippen molar-refractivity contribution in [3.8, 4) is 0 Å². The number of nitrogens with zero attached hydrogens (tertiary/aromatic N) is 1. The van der Waals surface area contributed by atoms with E-state index in [0.717, 1.165) is 5.01 Å². The first kappa shape index (κ1) is 18.8. The standard InChI is InChI=1S/C13H26N2O5/c1-6-18-13(5,19-7-2)20-12(17)15(14)11(9-16)8-10(3)4/h9-11H,6-8,14H2,1-5H3. The number of hydrogen-bond acceptors (Lipinski definition) is 6. The van der Waals surface area contributed by atoms with E-state index in [1.807, 2.05) is 13.8 Å². The van der Waals surface area contributed by atoms with Gasteiger partial charge in [-0.25, -0.2) is 15.6 Å². The highest BCUT2D eigenvalue weighted by Crippen LogP contribution is 2.17. The van der Waals surface area contributed by atoms with E-state index in [2.05, 4.69) is 0 Å². The Bertz CT molecular complexity index is 303. The third-order valence-electron chi connectivity index (χ3n) is 2.52. The molecule has 0 aliphatic heterocycles. The predicted molar refractivity (Wildman–Crippen MR) is 73.5 cm³/mol. The highest BCUT2D eigenvalue weighted by Gasteiger charge is 2.34. The molecule has 0 saturated carbocycles. The van der Waals surface area contributed by atoms with Gasteiger partial charge in [0, 0.05) is 6.92 Å². The number of nitrogens with two attached hydrogens (primary N) is 1. The van der Waals surface area contributed by atoms with Crippen LogP contribution in [0, 0.1) is 5.92 Å². The highest BCUT2D eigenvalue weighted by atomic mass is 16.9. The summed E-state index contributed by atoms with van der Waals surface area (Å²) >= 11 is 0. The molecule has 0 bridgehead atoms. The molecule has 0 spiro atoms. The number of amides is 1. The maximum atomic E-state index is 11.9. The summed E-state index contributed by atoms with van der Waals surface area (Å²) in [5.41, 5.74) is 0. The second-order valence-corrected chi connectivity index (χ2v) is 4.84. The van der Waals surface area contributed by atoms with Gasteiger partial charge in [0.25, 0.3) is 0 Å². The minimum atomic E-state index is -1.51. The second kappa shape index (κ2) is 8.89. The van der Waals surface area contributed by atoms with Crippen molar-refractivity contribution in [3.05, 3.63) is 0 Å². The Morgan fingerprint density at radius 1 is 1.30 bits per heavy atom. The van der Waals surface area contributed by atoms with E-state index in [1.165, 1.54) is 6.92 Å². The number of aldehydes is 1. The van der Waals surface area contributed by atoms with Gasteiger partial charge in [-0.15, -0.1) is 0 Å². The molecule has 1 atom stereocenters. The molecule has 7 nitrogen and oxygen atoms in total. The quantitative estimate of drug-likeness (QED) is 0.228. The van der Waals surface area contributed by atoms with Gasteiger partial charge in [0.15, 0.2) is 0 Å². The smallest absolute Gasteiger partial charge is 0.390 e. The number of hydrazine groups is 1. The Hall–Kier alpha value is -1.18. The number of carbonyl (C=O) groups is 2. The topological polar surface area (TPSA) is 91.1 Å². The van der Waals surface area contributed by atoms with Crippen LogP contribution in [0.4, 0.5) is 4.79 Å². The van der Waals surface area contributed by atoms with Crippen molar-refractivity contribution in [2.45, 2.75) is 53.1 Å². The summed E-state index contributed by atoms with van der Waals surface area (Å²) < 4.78 is 15.6. The lowest BCUT2D eigenvalue weighted by Gasteiger charge is -2.31. The van der Waals surface area contributed by atoms with Gasteiger partial charge in [-0.2, -0.15) is 0 Å². The van der Waals surface area contributed by atoms with E-state index >= 15 is 0 Å². The van der Waals surface area contributed by atoms with E-state index in [1.54, 1.807) is 13.8 Å². The van der Waals surface area contributed by atoms with Gasteiger partial charge in [0.1, 0.15) is 12.3 Å². The van der Waals surface area contributed by atoms with E-state index in [-0.39, 0.29) is 5.92 Å². The summed E-state index contributed by atoms with van der Waals surface area (Å²) in [4.78, 5) is 23.0. The first-order valence-electron chi connectivity index (χ1n) is 6.79. The summed E-state index contributed by atoms with van der Waals surface area (Å²) in [7, 11) is 0. The van der Waals surface area contributed by atoms with Gasteiger partial charge in [-0.1, -0.05) is 13.8 Å². The highest BCUT2D eigenvalue weighted by molar-refractivity contribution is 5.72. The predicted octanol–water partition coefficient (Wildman–Crippen LogP) is 1.66. The van der Waals surface area contributed by atoms with Crippen LogP contribution < -0.4 is 5.84 Å². The van der Waals surface area contributed by atoms with Gasteiger partial charge in [-0.05, 0) is 26.2 Å². The van der Waals surface area contributed by atoms with Crippen molar-refractivity contribution in [2.24, 2.45) is 11.8 Å². The monoisotopic (exact) mass is 290 g/mol. The van der Waals surface area contributed by atoms with Crippen LogP contribution in [0.2, 0.25) is 0 Å². The van der Waals surface area contributed by atoms with Crippen LogP contribution in [-0.4, -0.2) is 42.6 Å². The molecular weight excluding hydrogens is 264 g/mol. The molecule has 20 heavy (non-hydrogen) atoms. The van der Waals surface area contributed by atoms with Crippen LogP contribution in [0.3, 0.4) is 0 Å².